The van der Waals surface area contributed by atoms with Crippen LogP contribution < -0.4 is 5.73 Å². The molecule has 0 aliphatic rings. The van der Waals surface area contributed by atoms with Crippen molar-refractivity contribution >= 4 is 16.4 Å². The summed E-state index contributed by atoms with van der Waals surface area (Å²) >= 11 is 0. The zero-order chi connectivity index (χ0) is 8.43. The molecule has 0 bridgehead atoms. The zero-order valence-electron chi connectivity index (χ0n) is 6.07. The lowest BCUT2D eigenvalue weighted by molar-refractivity contribution is 0.614. The molecule has 60 valence electrons. The van der Waals surface area contributed by atoms with Gasteiger partial charge < -0.3 is 5.73 Å². The van der Waals surface area contributed by atoms with Crippen molar-refractivity contribution in [1.29, 1.82) is 0 Å². The maximum atomic E-state index is 10.5. The van der Waals surface area contributed by atoms with Crippen LogP contribution >= 0.6 is 0 Å². The Morgan fingerprint density at radius 2 is 2.00 bits per heavy atom. The molecule has 0 amide bonds. The highest BCUT2D eigenvalue weighted by Crippen LogP contribution is 2.12. The molecule has 0 radical (unpaired) electrons. The quantitative estimate of drug-likeness (QED) is 0.479. The summed E-state index contributed by atoms with van der Waals surface area (Å²) in [5.41, 5.74) is 6.71. The number of hydrogen-bond donors (Lipinski definition) is 2. The monoisotopic (exact) mass is 171 g/mol. The highest BCUT2D eigenvalue weighted by molar-refractivity contribution is 7.72. The van der Waals surface area contributed by atoms with Gasteiger partial charge in [-0.25, -0.2) is 8.42 Å². The van der Waals surface area contributed by atoms with Crippen LogP contribution in [0.1, 0.15) is 5.56 Å². The maximum Gasteiger partial charge on any atom is 0.168 e. The van der Waals surface area contributed by atoms with Crippen LogP contribution in [0.5, 0.6) is 0 Å². The first-order valence-corrected chi connectivity index (χ1v) is 4.29. The molecule has 0 atom stereocenters. The second-order valence-electron chi connectivity index (χ2n) is 2.30. The fraction of sp³-hybridized carbons (Fsp3) is 0.143. The Morgan fingerprint density at radius 1 is 1.36 bits per heavy atom. The Bertz CT molecular complexity index is 336. The summed E-state index contributed by atoms with van der Waals surface area (Å²) in [7, 11) is -2.48. The van der Waals surface area contributed by atoms with Gasteiger partial charge in [0, 0.05) is 5.69 Å². The molecule has 3 nitrogen and oxygen atoms in total. The number of hydrogen-bond acceptors (Lipinski definition) is 3. The third-order valence-electron chi connectivity index (χ3n) is 1.42. The highest BCUT2D eigenvalue weighted by Gasteiger charge is 1.98. The predicted octanol–water partition coefficient (Wildman–Crippen LogP) is 0.548. The van der Waals surface area contributed by atoms with E-state index in [2.05, 4.69) is 0 Å². The summed E-state index contributed by atoms with van der Waals surface area (Å²) in [6, 6.07) is 4.73. The Labute approximate surface area is 66.8 Å². The van der Waals surface area contributed by atoms with E-state index in [-0.39, 0.29) is 0 Å². The highest BCUT2D eigenvalue weighted by atomic mass is 32.2. The van der Waals surface area contributed by atoms with Crippen LogP contribution in [0.3, 0.4) is 0 Å². The number of rotatable bonds is 1. The first kappa shape index (κ1) is 8.07. The largest absolute Gasteiger partial charge is 0.399 e. The number of anilines is 1. The molecule has 4 heteroatoms. The average Bonchev–Trinajstić information content (AvgIpc) is 1.85. The third kappa shape index (κ3) is 1.71. The molecule has 0 heterocycles. The Hall–Kier alpha value is -1.03. The zero-order valence-corrected chi connectivity index (χ0v) is 6.97. The van der Waals surface area contributed by atoms with Gasteiger partial charge >= 0.3 is 0 Å². The number of thiol groups is 1. The van der Waals surface area contributed by atoms with E-state index < -0.39 is 10.7 Å². The van der Waals surface area contributed by atoms with Crippen LogP contribution in [0.25, 0.3) is 0 Å². The Balaban J connectivity index is 3.31. The first-order valence-electron chi connectivity index (χ1n) is 3.12. The van der Waals surface area contributed by atoms with Gasteiger partial charge in [-0.2, -0.15) is 0 Å². The molecular weight excluding hydrogens is 162 g/mol. The van der Waals surface area contributed by atoms with Crippen molar-refractivity contribution in [3.05, 3.63) is 23.8 Å². The maximum absolute atomic E-state index is 10.5. The van der Waals surface area contributed by atoms with Crippen molar-refractivity contribution in [3.63, 3.8) is 0 Å². The first-order chi connectivity index (χ1) is 5.11. The van der Waals surface area contributed by atoms with Crippen LogP contribution in [-0.4, -0.2) is 8.42 Å². The van der Waals surface area contributed by atoms with Crippen LogP contribution in [0.15, 0.2) is 23.1 Å². The minimum atomic E-state index is -2.48. The van der Waals surface area contributed by atoms with Gasteiger partial charge in [0.25, 0.3) is 0 Å². The molecule has 1 aromatic carbocycles. The Kier molecular flexibility index (Phi) is 2.14. The van der Waals surface area contributed by atoms with E-state index in [1.54, 1.807) is 19.1 Å². The molecule has 0 spiro atoms. The lowest BCUT2D eigenvalue weighted by Crippen LogP contribution is -1.89. The second-order valence-corrected chi connectivity index (χ2v) is 3.30. The number of benzene rings is 1. The van der Waals surface area contributed by atoms with E-state index in [4.69, 9.17) is 5.73 Å². The fourth-order valence-corrected chi connectivity index (χ4v) is 1.43. The van der Waals surface area contributed by atoms with Crippen molar-refractivity contribution < 1.29 is 8.42 Å². The van der Waals surface area contributed by atoms with Crippen LogP contribution in [0.4, 0.5) is 5.69 Å². The van der Waals surface area contributed by atoms with Gasteiger partial charge in [-0.15, -0.1) is 0 Å². The predicted molar refractivity (Wildman–Crippen MR) is 44.2 cm³/mol. The number of nitrogens with two attached hydrogens (primary N) is 1. The molecule has 2 N–H and O–H groups in total. The van der Waals surface area contributed by atoms with Crippen LogP contribution in [0.2, 0.25) is 0 Å². The summed E-state index contributed by atoms with van der Waals surface area (Å²) in [4.78, 5) is 0.342. The lowest BCUT2D eigenvalue weighted by Gasteiger charge is -1.97. The van der Waals surface area contributed by atoms with Crippen LogP contribution in [0, 0.1) is 6.92 Å². The molecule has 1 aromatic rings. The van der Waals surface area contributed by atoms with Gasteiger partial charge in [-0.05, 0) is 30.7 Å². The minimum Gasteiger partial charge on any atom is -0.399 e. The van der Waals surface area contributed by atoms with Gasteiger partial charge in [0.05, 0.1) is 4.90 Å². The van der Waals surface area contributed by atoms with Gasteiger partial charge in [0.15, 0.2) is 10.7 Å². The average molecular weight is 171 g/mol. The van der Waals surface area contributed by atoms with Crippen molar-refractivity contribution in [1.82, 2.24) is 0 Å². The van der Waals surface area contributed by atoms with Crippen LogP contribution in [-0.2, 0) is 10.7 Å². The molecular formula is C7H9NO2S. The van der Waals surface area contributed by atoms with Crippen molar-refractivity contribution in [3.8, 4) is 0 Å². The molecule has 0 aromatic heterocycles. The van der Waals surface area contributed by atoms with E-state index in [0.29, 0.717) is 16.1 Å². The molecule has 0 aliphatic carbocycles. The Morgan fingerprint density at radius 3 is 2.45 bits per heavy atom. The van der Waals surface area contributed by atoms with E-state index in [9.17, 15) is 8.42 Å². The SMILES string of the molecule is Cc1cc(N)ccc1[SH](=O)=O. The molecule has 0 saturated carbocycles. The topological polar surface area (TPSA) is 60.2 Å². The van der Waals surface area contributed by atoms with E-state index in [0.717, 1.165) is 0 Å². The lowest BCUT2D eigenvalue weighted by atomic mass is 10.2. The van der Waals surface area contributed by atoms with Gasteiger partial charge in [0.2, 0.25) is 0 Å². The van der Waals surface area contributed by atoms with Crippen molar-refractivity contribution in [2.75, 3.05) is 5.73 Å². The van der Waals surface area contributed by atoms with E-state index >= 15 is 0 Å². The minimum absolute atomic E-state index is 0.342. The van der Waals surface area contributed by atoms with E-state index in [1.165, 1.54) is 6.07 Å². The molecule has 0 aliphatic heterocycles. The standard InChI is InChI=1S/C7H9NO2S/c1-5-4-6(8)2-3-7(5)11(9)10/h2-4,11H,8H2,1H3. The smallest absolute Gasteiger partial charge is 0.168 e. The summed E-state index contributed by atoms with van der Waals surface area (Å²) in [6.45, 7) is 1.72. The molecule has 0 saturated heterocycles. The van der Waals surface area contributed by atoms with Crippen molar-refractivity contribution in [2.45, 2.75) is 11.8 Å². The fourth-order valence-electron chi connectivity index (χ4n) is 0.884. The summed E-state index contributed by atoms with van der Waals surface area (Å²) in [6.07, 6.45) is 0. The van der Waals surface area contributed by atoms with Gasteiger partial charge in [0.1, 0.15) is 0 Å². The molecule has 0 fully saturated rings. The summed E-state index contributed by atoms with van der Waals surface area (Å²) in [5, 5.41) is 0. The number of aryl methyl sites for hydroxylation is 1. The molecule has 11 heavy (non-hydrogen) atoms. The molecule has 0 unspecified atom stereocenters. The summed E-state index contributed by atoms with van der Waals surface area (Å²) < 4.78 is 21.1. The second kappa shape index (κ2) is 2.92. The molecule has 1 rings (SSSR count). The summed E-state index contributed by atoms with van der Waals surface area (Å²) in [5.74, 6) is 0. The normalized spacial score (nSPS) is 10.4. The van der Waals surface area contributed by atoms with Gasteiger partial charge in [-0.1, -0.05) is 0 Å². The van der Waals surface area contributed by atoms with E-state index in [1.807, 2.05) is 0 Å². The third-order valence-corrected chi connectivity index (χ3v) is 2.31. The van der Waals surface area contributed by atoms with Crippen molar-refractivity contribution in [2.24, 2.45) is 0 Å². The van der Waals surface area contributed by atoms with Gasteiger partial charge in [-0.3, -0.25) is 0 Å². The number of nitrogen functional groups attached to an aromatic ring is 1.